The van der Waals surface area contributed by atoms with Gasteiger partial charge in [0.05, 0.1) is 0 Å². The molecule has 0 saturated heterocycles. The molecule has 2 unspecified atom stereocenters. The second-order valence-corrected chi connectivity index (χ2v) is 5.29. The number of carbonyl (C=O) groups excluding carboxylic acids is 1. The standard InChI is InChI=1S/C11H17ClO/c1-7(2)6-11(5)8(12)9(13)10(11,3)4/h6,8H,1-5H3. The van der Waals surface area contributed by atoms with E-state index in [1.165, 1.54) is 5.57 Å². The van der Waals surface area contributed by atoms with Crippen LogP contribution in [0.2, 0.25) is 0 Å². The third-order valence-electron chi connectivity index (χ3n) is 3.31. The van der Waals surface area contributed by atoms with E-state index in [-0.39, 0.29) is 22.0 Å². The van der Waals surface area contributed by atoms with Gasteiger partial charge in [-0.2, -0.15) is 0 Å². The predicted molar refractivity (Wildman–Crippen MR) is 56.0 cm³/mol. The topological polar surface area (TPSA) is 17.1 Å². The molecule has 1 fully saturated rings. The number of halogens is 1. The van der Waals surface area contributed by atoms with Crippen LogP contribution in [0.3, 0.4) is 0 Å². The minimum absolute atomic E-state index is 0.161. The van der Waals surface area contributed by atoms with E-state index >= 15 is 0 Å². The molecule has 2 atom stereocenters. The van der Waals surface area contributed by atoms with Crippen molar-refractivity contribution in [1.82, 2.24) is 0 Å². The number of ketones is 1. The zero-order chi connectivity index (χ0) is 10.4. The van der Waals surface area contributed by atoms with Crippen LogP contribution < -0.4 is 0 Å². The molecule has 0 spiro atoms. The van der Waals surface area contributed by atoms with E-state index in [2.05, 4.69) is 13.0 Å². The molecule has 0 aromatic rings. The molecule has 13 heavy (non-hydrogen) atoms. The summed E-state index contributed by atoms with van der Waals surface area (Å²) >= 11 is 6.04. The van der Waals surface area contributed by atoms with E-state index in [4.69, 9.17) is 11.6 Å². The quantitative estimate of drug-likeness (QED) is 0.470. The lowest BCUT2D eigenvalue weighted by Crippen LogP contribution is -2.62. The molecule has 0 aliphatic heterocycles. The Balaban J connectivity index is 3.05. The molecule has 0 aromatic carbocycles. The van der Waals surface area contributed by atoms with Gasteiger partial charge in [-0.05, 0) is 13.8 Å². The van der Waals surface area contributed by atoms with Crippen LogP contribution >= 0.6 is 11.6 Å². The van der Waals surface area contributed by atoms with Crippen LogP contribution in [0.5, 0.6) is 0 Å². The van der Waals surface area contributed by atoms with Gasteiger partial charge in [0.25, 0.3) is 0 Å². The number of Topliss-reactive ketones (excluding diaryl/α,β-unsaturated/α-hetero) is 1. The molecule has 0 bridgehead atoms. The van der Waals surface area contributed by atoms with Crippen molar-refractivity contribution < 1.29 is 4.79 Å². The molecule has 2 heteroatoms. The third-order valence-corrected chi connectivity index (χ3v) is 3.96. The number of hydrogen-bond acceptors (Lipinski definition) is 1. The van der Waals surface area contributed by atoms with E-state index in [9.17, 15) is 4.79 Å². The van der Waals surface area contributed by atoms with E-state index in [0.717, 1.165) is 0 Å². The maximum Gasteiger partial charge on any atom is 0.158 e. The van der Waals surface area contributed by atoms with E-state index < -0.39 is 0 Å². The monoisotopic (exact) mass is 200 g/mol. The highest BCUT2D eigenvalue weighted by Gasteiger charge is 2.62. The first-order valence-corrected chi connectivity index (χ1v) is 5.01. The lowest BCUT2D eigenvalue weighted by molar-refractivity contribution is -0.147. The Morgan fingerprint density at radius 3 is 2.15 bits per heavy atom. The Hall–Kier alpha value is -0.300. The van der Waals surface area contributed by atoms with Crippen LogP contribution in [-0.4, -0.2) is 11.2 Å². The summed E-state index contributed by atoms with van der Waals surface area (Å²) in [7, 11) is 0. The molecule has 1 aliphatic carbocycles. The van der Waals surface area contributed by atoms with Gasteiger partial charge in [0, 0.05) is 10.8 Å². The van der Waals surface area contributed by atoms with Gasteiger partial charge in [-0.3, -0.25) is 4.79 Å². The van der Waals surface area contributed by atoms with Gasteiger partial charge in [0.15, 0.2) is 5.78 Å². The van der Waals surface area contributed by atoms with Crippen LogP contribution in [0.15, 0.2) is 11.6 Å². The fourth-order valence-electron chi connectivity index (χ4n) is 1.95. The lowest BCUT2D eigenvalue weighted by atomic mass is 9.50. The van der Waals surface area contributed by atoms with Crippen molar-refractivity contribution in [3.8, 4) is 0 Å². The van der Waals surface area contributed by atoms with E-state index in [1.807, 2.05) is 27.7 Å². The second-order valence-electron chi connectivity index (χ2n) is 4.86. The molecular weight excluding hydrogens is 184 g/mol. The van der Waals surface area contributed by atoms with Crippen molar-refractivity contribution in [2.75, 3.05) is 0 Å². The number of allylic oxidation sites excluding steroid dienone is 2. The van der Waals surface area contributed by atoms with Crippen molar-refractivity contribution in [1.29, 1.82) is 0 Å². The van der Waals surface area contributed by atoms with Crippen molar-refractivity contribution in [2.45, 2.75) is 40.0 Å². The third kappa shape index (κ3) is 1.25. The van der Waals surface area contributed by atoms with Gasteiger partial charge >= 0.3 is 0 Å². The first kappa shape index (κ1) is 10.8. The summed E-state index contributed by atoms with van der Waals surface area (Å²) in [5, 5.41) is -0.350. The average molecular weight is 201 g/mol. The van der Waals surface area contributed by atoms with Gasteiger partial charge in [-0.25, -0.2) is 0 Å². The van der Waals surface area contributed by atoms with Crippen molar-refractivity contribution in [3.63, 3.8) is 0 Å². The maximum absolute atomic E-state index is 11.5. The minimum Gasteiger partial charge on any atom is -0.297 e. The number of carbonyl (C=O) groups is 1. The van der Waals surface area contributed by atoms with Crippen molar-refractivity contribution in [3.05, 3.63) is 11.6 Å². The number of hydrogen-bond donors (Lipinski definition) is 0. The largest absolute Gasteiger partial charge is 0.297 e. The highest BCUT2D eigenvalue weighted by atomic mass is 35.5. The minimum atomic E-state index is -0.350. The smallest absolute Gasteiger partial charge is 0.158 e. The van der Waals surface area contributed by atoms with Gasteiger partial charge in [-0.1, -0.05) is 32.4 Å². The van der Waals surface area contributed by atoms with Crippen LogP contribution in [0.4, 0.5) is 0 Å². The molecule has 1 rings (SSSR count). The Bertz CT molecular complexity index is 274. The molecule has 0 amide bonds. The van der Waals surface area contributed by atoms with Gasteiger partial charge in [0.2, 0.25) is 0 Å². The predicted octanol–water partition coefficient (Wildman–Crippen LogP) is 3.18. The van der Waals surface area contributed by atoms with E-state index in [0.29, 0.717) is 0 Å². The molecule has 0 heterocycles. The van der Waals surface area contributed by atoms with Crippen molar-refractivity contribution in [2.24, 2.45) is 10.8 Å². The Labute approximate surface area is 85.2 Å². The fourth-order valence-corrected chi connectivity index (χ4v) is 2.56. The number of rotatable bonds is 1. The van der Waals surface area contributed by atoms with Crippen LogP contribution in [0.25, 0.3) is 0 Å². The van der Waals surface area contributed by atoms with Gasteiger partial charge in [-0.15, -0.1) is 11.6 Å². The molecule has 1 nitrogen and oxygen atoms in total. The first-order valence-electron chi connectivity index (χ1n) is 4.58. The molecular formula is C11H17ClO. The summed E-state index contributed by atoms with van der Waals surface area (Å²) in [6.07, 6.45) is 2.12. The van der Waals surface area contributed by atoms with Gasteiger partial charge in [0.1, 0.15) is 5.38 Å². The SMILES string of the molecule is CC(C)=CC1(C)C(Cl)C(=O)C1(C)C. The first-order chi connectivity index (χ1) is 5.73. The number of alkyl halides is 1. The Kier molecular flexibility index (Phi) is 2.36. The van der Waals surface area contributed by atoms with Crippen molar-refractivity contribution >= 4 is 17.4 Å². The zero-order valence-electron chi connectivity index (χ0n) is 8.94. The zero-order valence-corrected chi connectivity index (χ0v) is 9.70. The lowest BCUT2D eigenvalue weighted by Gasteiger charge is -2.54. The van der Waals surface area contributed by atoms with Crippen LogP contribution in [0, 0.1) is 10.8 Å². The summed E-state index contributed by atoms with van der Waals surface area (Å²) < 4.78 is 0. The van der Waals surface area contributed by atoms with E-state index in [1.54, 1.807) is 0 Å². The summed E-state index contributed by atoms with van der Waals surface area (Å²) in [5.41, 5.74) is 0.731. The average Bonchev–Trinajstić information content (AvgIpc) is 2.00. The molecule has 0 N–H and O–H groups in total. The molecule has 74 valence electrons. The summed E-state index contributed by atoms with van der Waals surface area (Å²) in [4.78, 5) is 11.5. The molecule has 0 aromatic heterocycles. The summed E-state index contributed by atoms with van der Waals surface area (Å²) in [6.45, 7) is 10.1. The Morgan fingerprint density at radius 2 is 1.85 bits per heavy atom. The second kappa shape index (κ2) is 2.84. The molecule has 0 radical (unpaired) electrons. The van der Waals surface area contributed by atoms with Gasteiger partial charge < -0.3 is 0 Å². The molecule has 1 aliphatic rings. The normalized spacial score (nSPS) is 36.8. The summed E-state index contributed by atoms with van der Waals surface area (Å²) in [6, 6.07) is 0. The van der Waals surface area contributed by atoms with Crippen LogP contribution in [0.1, 0.15) is 34.6 Å². The fraction of sp³-hybridized carbons (Fsp3) is 0.727. The molecule has 1 saturated carbocycles. The maximum atomic E-state index is 11.5. The summed E-state index contributed by atoms with van der Waals surface area (Å²) in [5.74, 6) is 0.161. The Morgan fingerprint density at radius 1 is 1.38 bits per heavy atom. The highest BCUT2D eigenvalue weighted by Crippen LogP contribution is 2.57. The highest BCUT2D eigenvalue weighted by molar-refractivity contribution is 6.35. The van der Waals surface area contributed by atoms with Crippen LogP contribution in [-0.2, 0) is 4.79 Å².